The van der Waals surface area contributed by atoms with Gasteiger partial charge < -0.3 is 10.3 Å². The molecule has 0 aliphatic heterocycles. The molecule has 0 bridgehead atoms. The zero-order valence-electron chi connectivity index (χ0n) is 9.06. The first kappa shape index (κ1) is 9.71. The van der Waals surface area contributed by atoms with Gasteiger partial charge in [-0.05, 0) is 31.7 Å². The molecule has 0 fully saturated rings. The Balaban J connectivity index is 1.85. The maximum absolute atomic E-state index is 4.57. The number of fused-ring (bicyclic) bond motifs is 1. The fourth-order valence-corrected chi connectivity index (χ4v) is 1.91. The second kappa shape index (κ2) is 4.13. The molecule has 0 aromatic carbocycles. The molecule has 0 amide bonds. The number of imidazole rings is 1. The molecule has 0 saturated heterocycles. The number of nitrogens with one attached hydrogen (secondary N) is 2. The minimum absolute atomic E-state index is 0.705. The molecular formula is C11H19N3. The molecule has 1 aliphatic rings. The molecule has 3 nitrogen and oxygen atoms in total. The lowest BCUT2D eigenvalue weighted by Crippen LogP contribution is -2.19. The Bertz CT molecular complexity index is 280. The van der Waals surface area contributed by atoms with Crippen LogP contribution >= 0.6 is 0 Å². The Morgan fingerprint density at radius 3 is 3.00 bits per heavy atom. The van der Waals surface area contributed by atoms with Gasteiger partial charge in [0.15, 0.2) is 0 Å². The van der Waals surface area contributed by atoms with Gasteiger partial charge in [0.25, 0.3) is 0 Å². The fraction of sp³-hybridized carbons (Fsp3) is 0.727. The first-order valence-electron chi connectivity index (χ1n) is 5.53. The standard InChI is InChI=1S/C11H19N3/c1-8(2)6-12-7-11-13-9-4-3-5-10(9)14-11/h8,12H,3-7H2,1-2H3,(H,13,14). The number of aromatic nitrogens is 2. The summed E-state index contributed by atoms with van der Waals surface area (Å²) < 4.78 is 0. The minimum Gasteiger partial charge on any atom is -0.345 e. The fourth-order valence-electron chi connectivity index (χ4n) is 1.91. The van der Waals surface area contributed by atoms with E-state index in [-0.39, 0.29) is 0 Å². The van der Waals surface area contributed by atoms with E-state index in [4.69, 9.17) is 0 Å². The van der Waals surface area contributed by atoms with Crippen LogP contribution < -0.4 is 5.32 Å². The molecule has 0 spiro atoms. The van der Waals surface area contributed by atoms with E-state index in [2.05, 4.69) is 29.1 Å². The van der Waals surface area contributed by atoms with Crippen molar-refractivity contribution in [3.8, 4) is 0 Å². The third-order valence-corrected chi connectivity index (χ3v) is 2.60. The van der Waals surface area contributed by atoms with E-state index in [1.807, 2.05) is 0 Å². The largest absolute Gasteiger partial charge is 0.345 e. The summed E-state index contributed by atoms with van der Waals surface area (Å²) in [6.45, 7) is 6.38. The number of rotatable bonds is 4. The number of hydrogen-bond acceptors (Lipinski definition) is 2. The maximum atomic E-state index is 4.57. The van der Waals surface area contributed by atoms with Gasteiger partial charge in [-0.25, -0.2) is 4.98 Å². The highest BCUT2D eigenvalue weighted by Gasteiger charge is 2.15. The van der Waals surface area contributed by atoms with Crippen LogP contribution in [0.4, 0.5) is 0 Å². The van der Waals surface area contributed by atoms with Crippen molar-refractivity contribution in [3.63, 3.8) is 0 Å². The van der Waals surface area contributed by atoms with E-state index in [0.29, 0.717) is 5.92 Å². The minimum atomic E-state index is 0.705. The van der Waals surface area contributed by atoms with Crippen LogP contribution in [-0.2, 0) is 19.4 Å². The molecular weight excluding hydrogens is 174 g/mol. The normalized spacial score (nSPS) is 15.1. The lowest BCUT2D eigenvalue weighted by molar-refractivity contribution is 0.543. The van der Waals surface area contributed by atoms with Crippen LogP contribution in [0.25, 0.3) is 0 Å². The number of aryl methyl sites for hydroxylation is 2. The third kappa shape index (κ3) is 2.15. The van der Waals surface area contributed by atoms with Gasteiger partial charge in [-0.15, -0.1) is 0 Å². The van der Waals surface area contributed by atoms with Crippen LogP contribution in [0.15, 0.2) is 0 Å². The molecule has 0 saturated carbocycles. The van der Waals surface area contributed by atoms with E-state index < -0.39 is 0 Å². The average molecular weight is 193 g/mol. The highest BCUT2D eigenvalue weighted by molar-refractivity contribution is 5.19. The summed E-state index contributed by atoms with van der Waals surface area (Å²) in [7, 11) is 0. The van der Waals surface area contributed by atoms with Gasteiger partial charge in [0.2, 0.25) is 0 Å². The van der Waals surface area contributed by atoms with Crippen molar-refractivity contribution in [1.82, 2.24) is 15.3 Å². The molecule has 14 heavy (non-hydrogen) atoms. The maximum Gasteiger partial charge on any atom is 0.120 e. The molecule has 1 heterocycles. The topological polar surface area (TPSA) is 40.7 Å². The highest BCUT2D eigenvalue weighted by atomic mass is 15.0. The summed E-state index contributed by atoms with van der Waals surface area (Å²) in [6.07, 6.45) is 3.62. The molecule has 3 heteroatoms. The molecule has 2 rings (SSSR count). The predicted molar refractivity (Wildman–Crippen MR) is 57.2 cm³/mol. The van der Waals surface area contributed by atoms with Crippen molar-refractivity contribution < 1.29 is 0 Å². The van der Waals surface area contributed by atoms with E-state index in [1.165, 1.54) is 24.2 Å². The van der Waals surface area contributed by atoms with Gasteiger partial charge in [-0.3, -0.25) is 0 Å². The molecule has 1 aromatic heterocycles. The number of H-pyrrole nitrogens is 1. The summed E-state index contributed by atoms with van der Waals surface area (Å²) in [5, 5.41) is 3.40. The molecule has 0 unspecified atom stereocenters. The van der Waals surface area contributed by atoms with Crippen LogP contribution in [0.2, 0.25) is 0 Å². The Kier molecular flexibility index (Phi) is 2.87. The zero-order valence-corrected chi connectivity index (χ0v) is 9.06. The number of hydrogen-bond donors (Lipinski definition) is 2. The van der Waals surface area contributed by atoms with Crippen molar-refractivity contribution in [3.05, 3.63) is 17.2 Å². The summed E-state index contributed by atoms with van der Waals surface area (Å²) in [5.74, 6) is 1.81. The summed E-state index contributed by atoms with van der Waals surface area (Å²) in [4.78, 5) is 7.96. The summed E-state index contributed by atoms with van der Waals surface area (Å²) in [5.41, 5.74) is 2.66. The van der Waals surface area contributed by atoms with Gasteiger partial charge in [-0.2, -0.15) is 0 Å². The SMILES string of the molecule is CC(C)CNCc1nc2c([nH]1)CCC2. The van der Waals surface area contributed by atoms with Crippen LogP contribution in [-0.4, -0.2) is 16.5 Å². The molecule has 2 N–H and O–H groups in total. The first-order chi connectivity index (χ1) is 6.75. The lowest BCUT2D eigenvalue weighted by atomic mass is 10.2. The van der Waals surface area contributed by atoms with Gasteiger partial charge in [0, 0.05) is 5.69 Å². The highest BCUT2D eigenvalue weighted by Crippen LogP contribution is 2.18. The van der Waals surface area contributed by atoms with Crippen molar-refractivity contribution in [2.45, 2.75) is 39.7 Å². The van der Waals surface area contributed by atoms with Gasteiger partial charge in [0.1, 0.15) is 5.82 Å². The Morgan fingerprint density at radius 1 is 1.43 bits per heavy atom. The predicted octanol–water partition coefficient (Wildman–Crippen LogP) is 1.64. The van der Waals surface area contributed by atoms with Crippen LogP contribution in [0.1, 0.15) is 37.5 Å². The van der Waals surface area contributed by atoms with E-state index >= 15 is 0 Å². The van der Waals surface area contributed by atoms with Crippen molar-refractivity contribution in [2.24, 2.45) is 5.92 Å². The second-order valence-electron chi connectivity index (χ2n) is 4.49. The molecule has 1 aliphatic carbocycles. The Labute approximate surface area is 85.3 Å². The quantitative estimate of drug-likeness (QED) is 0.763. The van der Waals surface area contributed by atoms with Crippen molar-refractivity contribution in [2.75, 3.05) is 6.54 Å². The van der Waals surface area contributed by atoms with E-state index in [9.17, 15) is 0 Å². The summed E-state index contributed by atoms with van der Waals surface area (Å²) >= 11 is 0. The molecule has 0 atom stereocenters. The van der Waals surface area contributed by atoms with Gasteiger partial charge in [0.05, 0.1) is 12.2 Å². The molecule has 78 valence electrons. The Hall–Kier alpha value is -0.830. The second-order valence-corrected chi connectivity index (χ2v) is 4.49. The average Bonchev–Trinajstić information content (AvgIpc) is 2.62. The van der Waals surface area contributed by atoms with Crippen molar-refractivity contribution in [1.29, 1.82) is 0 Å². The molecule has 1 aromatic rings. The van der Waals surface area contributed by atoms with Gasteiger partial charge >= 0.3 is 0 Å². The van der Waals surface area contributed by atoms with E-state index in [0.717, 1.165) is 25.3 Å². The Morgan fingerprint density at radius 2 is 2.29 bits per heavy atom. The van der Waals surface area contributed by atoms with Gasteiger partial charge in [-0.1, -0.05) is 13.8 Å². The number of aromatic amines is 1. The van der Waals surface area contributed by atoms with E-state index in [1.54, 1.807) is 0 Å². The lowest BCUT2D eigenvalue weighted by Gasteiger charge is -2.04. The van der Waals surface area contributed by atoms with Crippen LogP contribution in [0, 0.1) is 5.92 Å². The number of nitrogens with zero attached hydrogens (tertiary/aromatic N) is 1. The summed E-state index contributed by atoms with van der Waals surface area (Å²) in [6, 6.07) is 0. The van der Waals surface area contributed by atoms with Crippen LogP contribution in [0.5, 0.6) is 0 Å². The van der Waals surface area contributed by atoms with Crippen LogP contribution in [0.3, 0.4) is 0 Å². The first-order valence-corrected chi connectivity index (χ1v) is 5.53. The smallest absolute Gasteiger partial charge is 0.120 e. The zero-order chi connectivity index (χ0) is 9.97. The molecule has 0 radical (unpaired) electrons. The van der Waals surface area contributed by atoms with Crippen molar-refractivity contribution >= 4 is 0 Å². The monoisotopic (exact) mass is 193 g/mol. The third-order valence-electron chi connectivity index (χ3n) is 2.60.